The van der Waals surface area contributed by atoms with Gasteiger partial charge < -0.3 is 29.6 Å². The number of rotatable bonds is 10. The number of hydrogen-bond acceptors (Lipinski definition) is 9. The summed E-state index contributed by atoms with van der Waals surface area (Å²) in [4.78, 5) is 69.7. The Morgan fingerprint density at radius 3 is 2.53 bits per heavy atom. The molecule has 0 saturated carbocycles. The van der Waals surface area contributed by atoms with Gasteiger partial charge in [-0.25, -0.2) is 14.6 Å². The number of carboxylic acids is 1. The zero-order chi connectivity index (χ0) is 33.5. The van der Waals surface area contributed by atoms with E-state index in [2.05, 4.69) is 5.32 Å². The number of esters is 2. The number of aryl methyl sites for hydroxylation is 1. The van der Waals surface area contributed by atoms with Crippen molar-refractivity contribution in [3.05, 3.63) is 92.8 Å². The molecule has 0 saturated heterocycles. The molecule has 0 bridgehead atoms. The molecule has 0 radical (unpaired) electrons. The van der Waals surface area contributed by atoms with E-state index < -0.39 is 47.4 Å². The highest BCUT2D eigenvalue weighted by Gasteiger charge is 2.50. The Balaban J connectivity index is 1.27. The number of aliphatic carboxylic acids is 1. The normalized spacial score (nSPS) is 16.9. The molecule has 12 nitrogen and oxygen atoms in total. The van der Waals surface area contributed by atoms with Gasteiger partial charge in [0.2, 0.25) is 11.5 Å². The maximum absolute atomic E-state index is 13.9. The molecule has 1 amide bonds. The second-order valence-electron chi connectivity index (χ2n) is 11.7. The zero-order valence-corrected chi connectivity index (χ0v) is 25.9. The number of carboxylic acid groups (broad SMARTS) is 1. The lowest BCUT2D eigenvalue weighted by atomic mass is 9.85. The summed E-state index contributed by atoms with van der Waals surface area (Å²) in [6.07, 6.45) is -0.190. The number of benzene rings is 2. The van der Waals surface area contributed by atoms with Crippen LogP contribution < -0.4 is 10.9 Å². The molecule has 4 heterocycles. The van der Waals surface area contributed by atoms with E-state index in [1.54, 1.807) is 66.1 Å². The molecule has 4 aromatic rings. The monoisotopic (exact) mass is 639 g/mol. The third kappa shape index (κ3) is 5.60. The molecule has 1 unspecified atom stereocenters. The molecule has 2 aromatic carbocycles. The first-order chi connectivity index (χ1) is 22.6. The van der Waals surface area contributed by atoms with Gasteiger partial charge in [-0.3, -0.25) is 14.4 Å². The van der Waals surface area contributed by atoms with Gasteiger partial charge >= 0.3 is 17.9 Å². The summed E-state index contributed by atoms with van der Waals surface area (Å²) in [5, 5.41) is 22.9. The lowest BCUT2D eigenvalue weighted by Gasteiger charge is -2.35. The molecular weight excluding hydrogens is 606 g/mol. The van der Waals surface area contributed by atoms with Crippen LogP contribution in [0.4, 0.5) is 0 Å². The van der Waals surface area contributed by atoms with Gasteiger partial charge in [0, 0.05) is 29.4 Å². The van der Waals surface area contributed by atoms with Gasteiger partial charge in [-0.15, -0.1) is 0 Å². The van der Waals surface area contributed by atoms with Crippen LogP contribution in [0, 0.1) is 0 Å². The van der Waals surface area contributed by atoms with Crippen molar-refractivity contribution < 1.29 is 38.9 Å². The van der Waals surface area contributed by atoms with Gasteiger partial charge in [0.05, 0.1) is 35.4 Å². The van der Waals surface area contributed by atoms with Crippen LogP contribution in [0.15, 0.2) is 59.4 Å². The van der Waals surface area contributed by atoms with E-state index in [1.165, 1.54) is 0 Å². The first-order valence-corrected chi connectivity index (χ1v) is 15.4. The minimum atomic E-state index is -1.94. The second-order valence-corrected chi connectivity index (χ2v) is 11.7. The SMILES string of the molecule is CCc1c2c(nc3ccc(O)cc13)-c1cc3c(c(=O)n1C2)COC(=O)[C@@]3(CC)OC(=O)CCC(=O)NC(Cc1ccccc1)C(=O)O. The van der Waals surface area contributed by atoms with Gasteiger partial charge in [0.1, 0.15) is 18.4 Å². The molecule has 47 heavy (non-hydrogen) atoms. The topological polar surface area (TPSA) is 174 Å². The summed E-state index contributed by atoms with van der Waals surface area (Å²) < 4.78 is 12.7. The fourth-order valence-electron chi connectivity index (χ4n) is 6.49. The Hall–Kier alpha value is -5.52. The van der Waals surface area contributed by atoms with E-state index in [9.17, 15) is 34.2 Å². The molecule has 2 aromatic heterocycles. The van der Waals surface area contributed by atoms with Crippen molar-refractivity contribution in [3.8, 4) is 17.1 Å². The van der Waals surface area contributed by atoms with Crippen molar-refractivity contribution in [2.45, 2.75) is 70.7 Å². The molecule has 2 aliphatic rings. The number of aromatic nitrogens is 2. The number of carbonyl (C=O) groups excluding carboxylic acids is 3. The number of phenols is 1. The summed E-state index contributed by atoms with van der Waals surface area (Å²) in [6, 6.07) is 14.2. The molecule has 0 aliphatic carbocycles. The fourth-order valence-corrected chi connectivity index (χ4v) is 6.49. The predicted octanol–water partition coefficient (Wildman–Crippen LogP) is 3.49. The Kier molecular flexibility index (Phi) is 8.27. The largest absolute Gasteiger partial charge is 0.508 e. The minimum Gasteiger partial charge on any atom is -0.508 e. The Bertz CT molecular complexity index is 2000. The summed E-state index contributed by atoms with van der Waals surface area (Å²) >= 11 is 0. The molecule has 12 heteroatoms. The molecule has 0 spiro atoms. The van der Waals surface area contributed by atoms with Crippen LogP contribution >= 0.6 is 0 Å². The molecule has 2 atom stereocenters. The van der Waals surface area contributed by atoms with Crippen LogP contribution in [0.1, 0.15) is 60.9 Å². The zero-order valence-electron chi connectivity index (χ0n) is 25.9. The molecule has 3 N–H and O–H groups in total. The second kappa shape index (κ2) is 12.3. The van der Waals surface area contributed by atoms with Gasteiger partial charge in [0.15, 0.2) is 0 Å². The van der Waals surface area contributed by atoms with E-state index >= 15 is 0 Å². The van der Waals surface area contributed by atoms with Crippen LogP contribution in [0.25, 0.3) is 22.3 Å². The number of nitrogens with one attached hydrogen (secondary N) is 1. The van der Waals surface area contributed by atoms with Crippen LogP contribution in [-0.2, 0) is 60.2 Å². The van der Waals surface area contributed by atoms with Crippen molar-refractivity contribution in [1.82, 2.24) is 14.9 Å². The number of nitrogens with zero attached hydrogens (tertiary/aromatic N) is 2. The number of amides is 1. The van der Waals surface area contributed by atoms with Crippen molar-refractivity contribution in [2.75, 3.05) is 0 Å². The maximum Gasteiger partial charge on any atom is 0.355 e. The smallest absolute Gasteiger partial charge is 0.355 e. The average Bonchev–Trinajstić information content (AvgIpc) is 3.42. The number of ether oxygens (including phenoxy) is 2. The number of fused-ring (bicyclic) bond motifs is 5. The number of pyridine rings is 2. The number of carbonyl (C=O) groups is 4. The third-order valence-corrected chi connectivity index (χ3v) is 8.87. The van der Waals surface area contributed by atoms with E-state index in [-0.39, 0.29) is 49.3 Å². The molecule has 0 fully saturated rings. The highest BCUT2D eigenvalue weighted by Crippen LogP contribution is 2.42. The van der Waals surface area contributed by atoms with E-state index in [4.69, 9.17) is 14.5 Å². The van der Waals surface area contributed by atoms with Gasteiger partial charge in [-0.2, -0.15) is 0 Å². The van der Waals surface area contributed by atoms with Crippen LogP contribution in [0.3, 0.4) is 0 Å². The van der Waals surface area contributed by atoms with Gasteiger partial charge in [-0.1, -0.05) is 44.2 Å². The summed E-state index contributed by atoms with van der Waals surface area (Å²) in [7, 11) is 0. The Morgan fingerprint density at radius 1 is 1.06 bits per heavy atom. The number of aromatic hydroxyl groups is 1. The number of phenolic OH excluding ortho intramolecular Hbond substituents is 1. The number of hydrogen-bond donors (Lipinski definition) is 3. The average molecular weight is 640 g/mol. The number of cyclic esters (lactones) is 1. The van der Waals surface area contributed by atoms with E-state index in [0.717, 1.165) is 22.1 Å². The van der Waals surface area contributed by atoms with E-state index in [1.807, 2.05) is 6.92 Å². The minimum absolute atomic E-state index is 0.0463. The highest BCUT2D eigenvalue weighted by molar-refractivity contribution is 5.91. The van der Waals surface area contributed by atoms with Crippen molar-refractivity contribution in [2.24, 2.45) is 0 Å². The van der Waals surface area contributed by atoms with Crippen LogP contribution in [0.5, 0.6) is 5.75 Å². The summed E-state index contributed by atoms with van der Waals surface area (Å²) in [5.41, 5.74) is 2.20. The van der Waals surface area contributed by atoms with Crippen molar-refractivity contribution >= 4 is 34.7 Å². The Morgan fingerprint density at radius 2 is 1.83 bits per heavy atom. The molecule has 242 valence electrons. The Labute approximate surface area is 269 Å². The molecule has 6 rings (SSSR count). The maximum atomic E-state index is 13.9. The van der Waals surface area contributed by atoms with Crippen molar-refractivity contribution in [1.29, 1.82) is 0 Å². The fraction of sp³-hybridized carbons (Fsp3) is 0.314. The van der Waals surface area contributed by atoms with Crippen LogP contribution in [-0.4, -0.2) is 49.6 Å². The van der Waals surface area contributed by atoms with Crippen molar-refractivity contribution in [3.63, 3.8) is 0 Å². The molecular formula is C35H33N3O9. The quantitative estimate of drug-likeness (QED) is 0.192. The lowest BCUT2D eigenvalue weighted by Crippen LogP contribution is -2.47. The molecule has 2 aliphatic heterocycles. The van der Waals surface area contributed by atoms with Gasteiger partial charge in [-0.05, 0) is 48.2 Å². The predicted molar refractivity (Wildman–Crippen MR) is 168 cm³/mol. The third-order valence-electron chi connectivity index (χ3n) is 8.87. The summed E-state index contributed by atoms with van der Waals surface area (Å²) in [5.74, 6) is -3.51. The first-order valence-electron chi connectivity index (χ1n) is 15.4. The highest BCUT2D eigenvalue weighted by atomic mass is 16.6. The standard InChI is InChI=1S/C35H33N3O9/c1-3-21-22-15-20(39)10-11-26(22)37-31-23(21)17-38-28(31)16-25-24(32(38)42)18-46-34(45)35(25,4-2)47-30(41)13-12-29(40)36-27(33(43)44)14-19-8-6-5-7-9-19/h5-11,15-16,27,39H,3-4,12-14,17-18H2,1-2H3,(H,36,40)(H,43,44)/t27?,35-/m0/s1. The summed E-state index contributed by atoms with van der Waals surface area (Å²) in [6.45, 7) is 3.55. The van der Waals surface area contributed by atoms with Crippen LogP contribution in [0.2, 0.25) is 0 Å². The lowest BCUT2D eigenvalue weighted by molar-refractivity contribution is -0.189. The first kappa shape index (κ1) is 31.5. The van der Waals surface area contributed by atoms with E-state index in [0.29, 0.717) is 23.3 Å². The van der Waals surface area contributed by atoms with Gasteiger partial charge in [0.25, 0.3) is 5.56 Å².